The van der Waals surface area contributed by atoms with E-state index in [2.05, 4.69) is 15.0 Å². The topological polar surface area (TPSA) is 71.5 Å². The standard InChI is InChI=1S/C17H15F2N3O3/c18-16(19)25-13-7-6-12(20-9-13)10-22-15(23)8-14(21-17(22)24)11-4-2-1-3-5-11/h1-7,9,14,16H,8,10H2,(H,21,24)/t14-/m0/s1. The summed E-state index contributed by atoms with van der Waals surface area (Å²) in [5, 5.41) is 2.79. The molecule has 25 heavy (non-hydrogen) atoms. The van der Waals surface area contributed by atoms with E-state index in [9.17, 15) is 18.4 Å². The van der Waals surface area contributed by atoms with Crippen molar-refractivity contribution < 1.29 is 23.1 Å². The van der Waals surface area contributed by atoms with Crippen molar-refractivity contribution in [3.63, 3.8) is 0 Å². The number of hydrogen-bond acceptors (Lipinski definition) is 4. The number of nitrogens with one attached hydrogen (secondary N) is 1. The number of aromatic nitrogens is 1. The molecular weight excluding hydrogens is 332 g/mol. The average molecular weight is 347 g/mol. The molecule has 1 aliphatic heterocycles. The summed E-state index contributed by atoms with van der Waals surface area (Å²) < 4.78 is 28.4. The number of benzene rings is 1. The molecule has 1 fully saturated rings. The SMILES string of the molecule is O=C1C[C@@H](c2ccccc2)NC(=O)N1Cc1ccc(OC(F)F)cn1. The number of rotatable bonds is 5. The number of carbonyl (C=O) groups is 2. The van der Waals surface area contributed by atoms with Crippen molar-refractivity contribution in [2.75, 3.05) is 0 Å². The lowest BCUT2D eigenvalue weighted by atomic mass is 10.0. The Morgan fingerprint density at radius 2 is 1.96 bits per heavy atom. The van der Waals surface area contributed by atoms with Gasteiger partial charge in [-0.05, 0) is 17.7 Å². The van der Waals surface area contributed by atoms with Gasteiger partial charge >= 0.3 is 12.6 Å². The molecule has 0 saturated carbocycles. The molecule has 3 rings (SSSR count). The number of nitrogens with zero attached hydrogens (tertiary/aromatic N) is 2. The first-order chi connectivity index (χ1) is 12.0. The van der Waals surface area contributed by atoms with E-state index in [1.54, 1.807) is 0 Å². The predicted octanol–water partition coefficient (Wildman–Crippen LogP) is 2.87. The molecule has 1 saturated heterocycles. The number of imide groups is 1. The summed E-state index contributed by atoms with van der Waals surface area (Å²) in [6, 6.07) is 11.1. The lowest BCUT2D eigenvalue weighted by Gasteiger charge is -2.31. The van der Waals surface area contributed by atoms with E-state index in [-0.39, 0.29) is 30.7 Å². The minimum atomic E-state index is -2.93. The molecule has 8 heteroatoms. The fraction of sp³-hybridized carbons (Fsp3) is 0.235. The number of ether oxygens (including phenoxy) is 1. The molecule has 0 unspecified atom stereocenters. The van der Waals surface area contributed by atoms with Crippen molar-refractivity contribution in [3.05, 3.63) is 59.9 Å². The number of halogens is 2. The van der Waals surface area contributed by atoms with Gasteiger partial charge in [-0.3, -0.25) is 14.7 Å². The van der Waals surface area contributed by atoms with E-state index in [0.717, 1.165) is 16.7 Å². The van der Waals surface area contributed by atoms with E-state index >= 15 is 0 Å². The van der Waals surface area contributed by atoms with Crippen LogP contribution in [-0.2, 0) is 11.3 Å². The highest BCUT2D eigenvalue weighted by Crippen LogP contribution is 2.23. The first-order valence-electron chi connectivity index (χ1n) is 7.58. The van der Waals surface area contributed by atoms with Crippen molar-refractivity contribution >= 4 is 11.9 Å². The summed E-state index contributed by atoms with van der Waals surface area (Å²) in [5.74, 6) is -0.412. The third kappa shape index (κ3) is 4.09. The summed E-state index contributed by atoms with van der Waals surface area (Å²) in [4.78, 5) is 29.6. The fourth-order valence-electron chi connectivity index (χ4n) is 2.56. The van der Waals surface area contributed by atoms with Crippen LogP contribution in [0.2, 0.25) is 0 Å². The molecule has 1 aromatic heterocycles. The second-order valence-corrected chi connectivity index (χ2v) is 5.46. The first-order valence-corrected chi connectivity index (χ1v) is 7.58. The molecule has 3 amide bonds. The molecule has 2 heterocycles. The number of pyridine rings is 1. The molecule has 1 aromatic carbocycles. The van der Waals surface area contributed by atoms with Crippen molar-refractivity contribution in [2.45, 2.75) is 25.6 Å². The number of carbonyl (C=O) groups excluding carboxylic acids is 2. The molecule has 1 N–H and O–H groups in total. The third-order valence-electron chi connectivity index (χ3n) is 3.77. The first kappa shape index (κ1) is 16.8. The van der Waals surface area contributed by atoms with Crippen LogP contribution in [0.1, 0.15) is 23.7 Å². The second kappa shape index (κ2) is 7.25. The molecule has 0 radical (unpaired) electrons. The Morgan fingerprint density at radius 1 is 1.20 bits per heavy atom. The van der Waals surface area contributed by atoms with Gasteiger partial charge in [0.05, 0.1) is 30.9 Å². The fourth-order valence-corrected chi connectivity index (χ4v) is 2.56. The predicted molar refractivity (Wildman–Crippen MR) is 83.8 cm³/mol. The van der Waals surface area contributed by atoms with Crippen LogP contribution in [0, 0.1) is 0 Å². The van der Waals surface area contributed by atoms with Gasteiger partial charge in [0.15, 0.2) is 0 Å². The van der Waals surface area contributed by atoms with Crippen LogP contribution in [0.4, 0.5) is 13.6 Å². The highest BCUT2D eigenvalue weighted by Gasteiger charge is 2.32. The van der Waals surface area contributed by atoms with Gasteiger partial charge in [-0.2, -0.15) is 8.78 Å². The maximum Gasteiger partial charge on any atom is 0.387 e. The Bertz CT molecular complexity index is 735. The van der Waals surface area contributed by atoms with Crippen LogP contribution >= 0.6 is 0 Å². The van der Waals surface area contributed by atoms with Crippen molar-refractivity contribution in [1.82, 2.24) is 15.2 Å². The Morgan fingerprint density at radius 3 is 2.56 bits per heavy atom. The molecule has 0 spiro atoms. The molecule has 6 nitrogen and oxygen atoms in total. The van der Waals surface area contributed by atoms with Crippen molar-refractivity contribution in [1.29, 1.82) is 0 Å². The molecule has 1 aliphatic rings. The van der Waals surface area contributed by atoms with Crippen LogP contribution in [0.3, 0.4) is 0 Å². The Balaban J connectivity index is 1.66. The van der Waals surface area contributed by atoms with Crippen LogP contribution in [0.15, 0.2) is 48.7 Å². The van der Waals surface area contributed by atoms with Gasteiger partial charge in [-0.25, -0.2) is 4.79 Å². The third-order valence-corrected chi connectivity index (χ3v) is 3.77. The van der Waals surface area contributed by atoms with E-state index in [1.165, 1.54) is 12.1 Å². The van der Waals surface area contributed by atoms with E-state index in [0.29, 0.717) is 5.69 Å². The zero-order valence-corrected chi connectivity index (χ0v) is 13.1. The van der Waals surface area contributed by atoms with Gasteiger partial charge in [0.2, 0.25) is 5.91 Å². The van der Waals surface area contributed by atoms with Crippen LogP contribution < -0.4 is 10.1 Å². The highest BCUT2D eigenvalue weighted by atomic mass is 19.3. The van der Waals surface area contributed by atoms with Gasteiger partial charge in [0.1, 0.15) is 5.75 Å². The number of alkyl halides is 2. The summed E-state index contributed by atoms with van der Waals surface area (Å²) in [6.07, 6.45) is 1.27. The lowest BCUT2D eigenvalue weighted by Crippen LogP contribution is -2.50. The minimum absolute atomic E-state index is 0.0405. The minimum Gasteiger partial charge on any atom is -0.433 e. The number of urea groups is 1. The average Bonchev–Trinajstić information content (AvgIpc) is 2.60. The normalized spacial score (nSPS) is 17.6. The van der Waals surface area contributed by atoms with Gasteiger partial charge in [-0.15, -0.1) is 0 Å². The number of amides is 3. The Kier molecular flexibility index (Phi) is 4.87. The van der Waals surface area contributed by atoms with Crippen LogP contribution in [-0.4, -0.2) is 28.4 Å². The van der Waals surface area contributed by atoms with Gasteiger partial charge < -0.3 is 10.1 Å². The van der Waals surface area contributed by atoms with Gasteiger partial charge in [-0.1, -0.05) is 30.3 Å². The summed E-state index contributed by atoms with van der Waals surface area (Å²) in [5.41, 5.74) is 1.25. The number of hydrogen-bond donors (Lipinski definition) is 1. The Labute approximate surface area is 142 Å². The maximum atomic E-state index is 12.3. The summed E-state index contributed by atoms with van der Waals surface area (Å²) in [7, 11) is 0. The molecular formula is C17H15F2N3O3. The van der Waals surface area contributed by atoms with Crippen LogP contribution in [0.25, 0.3) is 0 Å². The summed E-state index contributed by atoms with van der Waals surface area (Å²) >= 11 is 0. The molecule has 2 aromatic rings. The quantitative estimate of drug-likeness (QED) is 0.903. The molecule has 0 aliphatic carbocycles. The molecule has 0 bridgehead atoms. The molecule has 130 valence electrons. The zero-order chi connectivity index (χ0) is 17.8. The largest absolute Gasteiger partial charge is 0.433 e. The zero-order valence-electron chi connectivity index (χ0n) is 13.1. The van der Waals surface area contributed by atoms with Gasteiger partial charge in [0.25, 0.3) is 0 Å². The summed E-state index contributed by atoms with van der Waals surface area (Å²) in [6.45, 7) is -2.97. The van der Waals surface area contributed by atoms with Gasteiger partial charge in [0, 0.05) is 0 Å². The highest BCUT2D eigenvalue weighted by molar-refractivity contribution is 5.97. The van der Waals surface area contributed by atoms with E-state index < -0.39 is 12.6 Å². The Hall–Kier alpha value is -3.03. The van der Waals surface area contributed by atoms with Crippen molar-refractivity contribution in [2.24, 2.45) is 0 Å². The lowest BCUT2D eigenvalue weighted by molar-refractivity contribution is -0.130. The monoisotopic (exact) mass is 347 g/mol. The van der Waals surface area contributed by atoms with E-state index in [1.807, 2.05) is 30.3 Å². The smallest absolute Gasteiger partial charge is 0.387 e. The van der Waals surface area contributed by atoms with E-state index in [4.69, 9.17) is 0 Å². The van der Waals surface area contributed by atoms with Crippen LogP contribution in [0.5, 0.6) is 5.75 Å². The van der Waals surface area contributed by atoms with Crippen molar-refractivity contribution in [3.8, 4) is 5.75 Å². The second-order valence-electron chi connectivity index (χ2n) is 5.46. The molecule has 1 atom stereocenters. The maximum absolute atomic E-state index is 12.3.